The van der Waals surface area contributed by atoms with Gasteiger partial charge in [0.1, 0.15) is 5.75 Å². The Balaban J connectivity index is 1.78. The number of thioether (sulfide) groups is 1. The van der Waals surface area contributed by atoms with Gasteiger partial charge in [-0.05, 0) is 35.8 Å². The summed E-state index contributed by atoms with van der Waals surface area (Å²) in [5.74, 6) is -1.67. The molecule has 1 aromatic heterocycles. The first-order valence-electron chi connectivity index (χ1n) is 7.52. The lowest BCUT2D eigenvalue weighted by Gasteiger charge is -2.14. The van der Waals surface area contributed by atoms with Crippen LogP contribution in [0.2, 0.25) is 0 Å². The van der Waals surface area contributed by atoms with Crippen molar-refractivity contribution in [2.45, 2.75) is 0 Å². The molecule has 2 N–H and O–H groups in total. The van der Waals surface area contributed by atoms with E-state index >= 15 is 0 Å². The van der Waals surface area contributed by atoms with Gasteiger partial charge in [0.25, 0.3) is 11.8 Å². The van der Waals surface area contributed by atoms with E-state index in [0.29, 0.717) is 16.2 Å². The van der Waals surface area contributed by atoms with Crippen molar-refractivity contribution in [2.24, 2.45) is 0 Å². The molecule has 138 valence electrons. The zero-order valence-electron chi connectivity index (χ0n) is 13.6. The SMILES string of the molecule is O=C(O)COc1ccccc1/C=C1/SC(=S)N(NC(=O)c2cccs2)C1=O. The minimum atomic E-state index is -1.10. The normalized spacial score (nSPS) is 15.3. The van der Waals surface area contributed by atoms with Gasteiger partial charge < -0.3 is 9.84 Å². The average molecular weight is 420 g/mol. The van der Waals surface area contributed by atoms with Crippen molar-refractivity contribution in [3.8, 4) is 5.75 Å². The Morgan fingerprint density at radius 3 is 2.74 bits per heavy atom. The number of hydrogen-bond donors (Lipinski definition) is 2. The molecular formula is C17H12N2O5S3. The van der Waals surface area contributed by atoms with Gasteiger partial charge in [-0.2, -0.15) is 5.01 Å². The summed E-state index contributed by atoms with van der Waals surface area (Å²) in [5, 5.41) is 11.5. The van der Waals surface area contributed by atoms with Gasteiger partial charge in [0.05, 0.1) is 9.78 Å². The first-order valence-corrected chi connectivity index (χ1v) is 9.62. The largest absolute Gasteiger partial charge is 0.481 e. The molecule has 0 atom stereocenters. The van der Waals surface area contributed by atoms with E-state index in [4.69, 9.17) is 22.1 Å². The summed E-state index contributed by atoms with van der Waals surface area (Å²) in [5.41, 5.74) is 3.03. The number of nitrogens with one attached hydrogen (secondary N) is 1. The lowest BCUT2D eigenvalue weighted by atomic mass is 10.2. The summed E-state index contributed by atoms with van der Waals surface area (Å²) >= 11 is 7.47. The number of rotatable bonds is 6. The van der Waals surface area contributed by atoms with Crippen molar-refractivity contribution in [1.29, 1.82) is 0 Å². The Morgan fingerprint density at radius 1 is 1.26 bits per heavy atom. The first kappa shape index (κ1) is 19.1. The second-order valence-corrected chi connectivity index (χ2v) is 7.78. The summed E-state index contributed by atoms with van der Waals surface area (Å²) in [7, 11) is 0. The standard InChI is InChI=1S/C17H12N2O5S3/c20-14(21)9-24-11-5-2-1-4-10(11)8-13-16(23)19(17(25)27-13)18-15(22)12-6-3-7-26-12/h1-8H,9H2,(H,18,22)(H,20,21)/b13-8+. The fourth-order valence-corrected chi connectivity index (χ4v) is 3.92. The van der Waals surface area contributed by atoms with Crippen molar-refractivity contribution in [1.82, 2.24) is 10.4 Å². The predicted molar refractivity (Wildman–Crippen MR) is 106 cm³/mol. The van der Waals surface area contributed by atoms with Crippen LogP contribution < -0.4 is 10.2 Å². The van der Waals surface area contributed by atoms with Crippen LogP contribution in [0.3, 0.4) is 0 Å². The first-order chi connectivity index (χ1) is 13.0. The second-order valence-electron chi connectivity index (χ2n) is 5.16. The Kier molecular flexibility index (Phi) is 5.89. The summed E-state index contributed by atoms with van der Waals surface area (Å²) < 4.78 is 5.43. The molecule has 3 rings (SSSR count). The number of carboxylic acids is 1. The minimum Gasteiger partial charge on any atom is -0.481 e. The molecule has 1 fully saturated rings. The second kappa shape index (κ2) is 8.33. The maximum Gasteiger partial charge on any atom is 0.341 e. The molecule has 2 amide bonds. The molecule has 10 heteroatoms. The van der Waals surface area contributed by atoms with Crippen LogP contribution in [0.15, 0.2) is 46.7 Å². The fourth-order valence-electron chi connectivity index (χ4n) is 2.14. The van der Waals surface area contributed by atoms with Crippen molar-refractivity contribution >= 4 is 63.5 Å². The quantitative estimate of drug-likeness (QED) is 0.548. The summed E-state index contributed by atoms with van der Waals surface area (Å²) in [6.45, 7) is -0.497. The van der Waals surface area contributed by atoms with Gasteiger partial charge >= 0.3 is 5.97 Å². The molecule has 1 aliphatic rings. The number of para-hydroxylation sites is 1. The van der Waals surface area contributed by atoms with Crippen molar-refractivity contribution in [3.63, 3.8) is 0 Å². The van der Waals surface area contributed by atoms with E-state index < -0.39 is 24.4 Å². The number of carboxylic acid groups (broad SMARTS) is 1. The molecule has 0 radical (unpaired) electrons. The van der Waals surface area contributed by atoms with Gasteiger partial charge in [-0.3, -0.25) is 15.0 Å². The maximum absolute atomic E-state index is 12.6. The van der Waals surface area contributed by atoms with Gasteiger partial charge in [-0.1, -0.05) is 36.0 Å². The number of amides is 2. The van der Waals surface area contributed by atoms with Crippen molar-refractivity contribution in [3.05, 3.63) is 57.1 Å². The number of thiophene rings is 1. The number of carbonyl (C=O) groups excluding carboxylic acids is 2. The van der Waals surface area contributed by atoms with E-state index in [1.54, 1.807) is 47.9 Å². The number of aliphatic carboxylic acids is 1. The van der Waals surface area contributed by atoms with E-state index in [2.05, 4.69) is 5.43 Å². The van der Waals surface area contributed by atoms with Crippen molar-refractivity contribution < 1.29 is 24.2 Å². The molecule has 0 bridgehead atoms. The number of benzene rings is 1. The van der Waals surface area contributed by atoms with Crippen LogP contribution in [0.4, 0.5) is 0 Å². The topological polar surface area (TPSA) is 95.9 Å². The molecule has 7 nitrogen and oxygen atoms in total. The van der Waals surface area contributed by atoms with E-state index in [1.807, 2.05) is 0 Å². The van der Waals surface area contributed by atoms with Crippen molar-refractivity contribution in [2.75, 3.05) is 6.61 Å². The predicted octanol–water partition coefficient (Wildman–Crippen LogP) is 2.76. The zero-order valence-corrected chi connectivity index (χ0v) is 16.0. The highest BCUT2D eigenvalue weighted by Crippen LogP contribution is 2.33. The molecule has 0 saturated carbocycles. The number of ether oxygens (including phenoxy) is 1. The van der Waals surface area contributed by atoms with Crippen LogP contribution in [0, 0.1) is 0 Å². The Morgan fingerprint density at radius 2 is 2.04 bits per heavy atom. The number of nitrogens with zero attached hydrogens (tertiary/aromatic N) is 1. The van der Waals surface area contributed by atoms with Gasteiger partial charge in [-0.25, -0.2) is 4.79 Å². The lowest BCUT2D eigenvalue weighted by molar-refractivity contribution is -0.139. The number of hydrogen-bond acceptors (Lipinski definition) is 7. The molecule has 0 spiro atoms. The monoisotopic (exact) mass is 420 g/mol. The molecule has 1 aliphatic heterocycles. The highest BCUT2D eigenvalue weighted by atomic mass is 32.2. The lowest BCUT2D eigenvalue weighted by Crippen LogP contribution is -2.44. The van der Waals surface area contributed by atoms with Gasteiger partial charge in [0, 0.05) is 5.56 Å². The van der Waals surface area contributed by atoms with Crippen LogP contribution in [-0.4, -0.2) is 38.8 Å². The highest BCUT2D eigenvalue weighted by Gasteiger charge is 2.34. The van der Waals surface area contributed by atoms with E-state index in [0.717, 1.165) is 16.8 Å². The average Bonchev–Trinajstić information content (AvgIpc) is 3.26. The van der Waals surface area contributed by atoms with E-state index in [1.165, 1.54) is 11.3 Å². The molecule has 0 unspecified atom stereocenters. The number of thiocarbonyl (C=S) groups is 1. The van der Waals surface area contributed by atoms with Crippen LogP contribution >= 0.6 is 35.3 Å². The van der Waals surface area contributed by atoms with E-state index in [-0.39, 0.29) is 9.23 Å². The number of hydrazine groups is 1. The molecular weight excluding hydrogens is 408 g/mol. The third kappa shape index (κ3) is 4.54. The Hall–Kier alpha value is -2.69. The zero-order chi connectivity index (χ0) is 19.4. The summed E-state index contributed by atoms with van der Waals surface area (Å²) in [6.07, 6.45) is 1.55. The highest BCUT2D eigenvalue weighted by molar-refractivity contribution is 8.26. The Bertz CT molecular complexity index is 940. The van der Waals surface area contributed by atoms with Gasteiger partial charge in [0.15, 0.2) is 10.9 Å². The molecule has 1 aromatic carbocycles. The molecule has 2 aromatic rings. The Labute approximate surface area is 167 Å². The molecule has 27 heavy (non-hydrogen) atoms. The van der Waals surface area contributed by atoms with Crippen LogP contribution in [0.5, 0.6) is 5.75 Å². The third-order valence-electron chi connectivity index (χ3n) is 3.31. The molecule has 0 aliphatic carbocycles. The van der Waals surface area contributed by atoms with Crippen LogP contribution in [0.1, 0.15) is 15.2 Å². The van der Waals surface area contributed by atoms with Gasteiger partial charge in [0.2, 0.25) is 0 Å². The van der Waals surface area contributed by atoms with Gasteiger partial charge in [-0.15, -0.1) is 11.3 Å². The molecule has 2 heterocycles. The van der Waals surface area contributed by atoms with E-state index in [9.17, 15) is 14.4 Å². The molecule has 1 saturated heterocycles. The number of carbonyl (C=O) groups is 3. The van der Waals surface area contributed by atoms with Crippen LogP contribution in [-0.2, 0) is 9.59 Å². The smallest absolute Gasteiger partial charge is 0.341 e. The minimum absolute atomic E-state index is 0.195. The van der Waals surface area contributed by atoms with Crippen LogP contribution in [0.25, 0.3) is 6.08 Å². The summed E-state index contributed by atoms with van der Waals surface area (Å²) in [6, 6.07) is 10.1. The maximum atomic E-state index is 12.6. The third-order valence-corrected chi connectivity index (χ3v) is 5.48. The fraction of sp³-hybridized carbons (Fsp3) is 0.0588. The summed E-state index contributed by atoms with van der Waals surface area (Å²) in [4.78, 5) is 36.2.